The third-order valence-corrected chi connectivity index (χ3v) is 3.95. The van der Waals surface area contributed by atoms with Crippen LogP contribution >= 0.6 is 15.9 Å². The van der Waals surface area contributed by atoms with E-state index in [2.05, 4.69) is 27.2 Å². The van der Waals surface area contributed by atoms with Gasteiger partial charge in [-0.15, -0.1) is 6.58 Å². The number of hydrogen-bond acceptors (Lipinski definition) is 3. The number of nitrogens with one attached hydrogen (secondary N) is 1. The molecule has 1 rings (SSSR count). The van der Waals surface area contributed by atoms with E-state index in [1.165, 1.54) is 18.2 Å². The van der Waals surface area contributed by atoms with E-state index in [9.17, 15) is 8.42 Å². The summed E-state index contributed by atoms with van der Waals surface area (Å²) in [7, 11) is -3.60. The highest BCUT2D eigenvalue weighted by atomic mass is 79.9. The summed E-state index contributed by atoms with van der Waals surface area (Å²) in [5, 5.41) is 8.87. The van der Waals surface area contributed by atoms with E-state index < -0.39 is 16.1 Å². The highest BCUT2D eigenvalue weighted by molar-refractivity contribution is 9.10. The molecule has 0 aliphatic carbocycles. The Morgan fingerprint density at radius 1 is 1.44 bits per heavy atom. The summed E-state index contributed by atoms with van der Waals surface area (Å²) in [6.45, 7) is 3.11. The van der Waals surface area contributed by atoms with Gasteiger partial charge in [0.1, 0.15) is 0 Å². The topological polar surface area (TPSA) is 66.4 Å². The highest BCUT2D eigenvalue weighted by Crippen LogP contribution is 2.14. The van der Waals surface area contributed by atoms with Gasteiger partial charge in [0.25, 0.3) is 0 Å². The zero-order valence-corrected chi connectivity index (χ0v) is 10.8. The quantitative estimate of drug-likeness (QED) is 0.805. The SMILES string of the molecule is C=C[C@H](CO)NS(=O)(=O)c1ccc(Br)cc1. The van der Waals surface area contributed by atoms with Crippen LogP contribution in [0.1, 0.15) is 0 Å². The van der Waals surface area contributed by atoms with Crippen LogP contribution in [0.3, 0.4) is 0 Å². The summed E-state index contributed by atoms with van der Waals surface area (Å²) >= 11 is 3.22. The van der Waals surface area contributed by atoms with Gasteiger partial charge in [0, 0.05) is 4.47 Å². The molecule has 0 spiro atoms. The number of hydrogen-bond donors (Lipinski definition) is 2. The number of aliphatic hydroxyl groups excluding tert-OH is 1. The summed E-state index contributed by atoms with van der Waals surface area (Å²) in [5.74, 6) is 0. The minimum absolute atomic E-state index is 0.149. The fourth-order valence-corrected chi connectivity index (χ4v) is 2.51. The first-order chi connectivity index (χ1) is 7.49. The zero-order valence-electron chi connectivity index (χ0n) is 8.43. The summed E-state index contributed by atoms with van der Waals surface area (Å²) < 4.78 is 26.7. The van der Waals surface area contributed by atoms with Gasteiger partial charge in [-0.25, -0.2) is 13.1 Å². The minimum atomic E-state index is -3.60. The minimum Gasteiger partial charge on any atom is -0.394 e. The molecule has 0 saturated heterocycles. The van der Waals surface area contributed by atoms with Gasteiger partial charge >= 0.3 is 0 Å². The average molecular weight is 306 g/mol. The molecular weight excluding hydrogens is 294 g/mol. The van der Waals surface area contributed by atoms with Gasteiger partial charge in [0.15, 0.2) is 0 Å². The second-order valence-corrected chi connectivity index (χ2v) is 5.73. The Morgan fingerprint density at radius 3 is 2.44 bits per heavy atom. The molecule has 0 radical (unpaired) electrons. The first-order valence-electron chi connectivity index (χ1n) is 4.51. The number of aliphatic hydroxyl groups is 1. The maximum absolute atomic E-state index is 11.8. The van der Waals surface area contributed by atoms with Crippen molar-refractivity contribution in [2.75, 3.05) is 6.61 Å². The number of rotatable bonds is 5. The molecule has 1 aromatic carbocycles. The fourth-order valence-electron chi connectivity index (χ4n) is 1.04. The van der Waals surface area contributed by atoms with Gasteiger partial charge in [-0.1, -0.05) is 22.0 Å². The standard InChI is InChI=1S/C10H12BrNO3S/c1-2-9(7-13)12-16(14,15)10-5-3-8(11)4-6-10/h2-6,9,12-13H,1,7H2/t9-/m1/s1. The number of benzene rings is 1. The molecule has 0 unspecified atom stereocenters. The first-order valence-corrected chi connectivity index (χ1v) is 6.78. The molecule has 0 amide bonds. The van der Waals surface area contributed by atoms with Crippen LogP contribution in [0.5, 0.6) is 0 Å². The summed E-state index contributed by atoms with van der Waals surface area (Å²) in [5.41, 5.74) is 0. The van der Waals surface area contributed by atoms with Crippen LogP contribution in [0.4, 0.5) is 0 Å². The fraction of sp³-hybridized carbons (Fsp3) is 0.200. The third-order valence-electron chi connectivity index (χ3n) is 1.91. The Kier molecular flexibility index (Phi) is 4.67. The lowest BCUT2D eigenvalue weighted by atomic mass is 10.3. The average Bonchev–Trinajstić information content (AvgIpc) is 2.26. The van der Waals surface area contributed by atoms with E-state index in [0.29, 0.717) is 0 Å². The van der Waals surface area contributed by atoms with Crippen LogP contribution in [-0.2, 0) is 10.0 Å². The van der Waals surface area contributed by atoms with Crippen molar-refractivity contribution >= 4 is 26.0 Å². The first kappa shape index (κ1) is 13.4. The van der Waals surface area contributed by atoms with Crippen molar-refractivity contribution in [2.24, 2.45) is 0 Å². The van der Waals surface area contributed by atoms with Crippen molar-refractivity contribution in [1.29, 1.82) is 0 Å². The molecule has 6 heteroatoms. The molecule has 0 bridgehead atoms. The van der Waals surface area contributed by atoms with Crippen LogP contribution in [0.25, 0.3) is 0 Å². The van der Waals surface area contributed by atoms with Crippen LogP contribution in [-0.4, -0.2) is 26.2 Å². The molecule has 0 aliphatic rings. The van der Waals surface area contributed by atoms with E-state index in [-0.39, 0.29) is 11.5 Å². The van der Waals surface area contributed by atoms with Crippen molar-refractivity contribution in [3.8, 4) is 0 Å². The monoisotopic (exact) mass is 305 g/mol. The largest absolute Gasteiger partial charge is 0.394 e. The van der Waals surface area contributed by atoms with E-state index in [4.69, 9.17) is 5.11 Å². The lowest BCUT2D eigenvalue weighted by Gasteiger charge is -2.12. The van der Waals surface area contributed by atoms with Crippen molar-refractivity contribution < 1.29 is 13.5 Å². The second kappa shape index (κ2) is 5.58. The Balaban J connectivity index is 2.94. The van der Waals surface area contributed by atoms with Crippen molar-refractivity contribution in [3.05, 3.63) is 41.4 Å². The van der Waals surface area contributed by atoms with E-state index in [1.54, 1.807) is 12.1 Å². The molecule has 1 atom stereocenters. The van der Waals surface area contributed by atoms with Gasteiger partial charge in [0.2, 0.25) is 10.0 Å². The normalized spacial score (nSPS) is 13.4. The van der Waals surface area contributed by atoms with E-state index in [1.807, 2.05) is 0 Å². The molecular formula is C10H12BrNO3S. The second-order valence-electron chi connectivity index (χ2n) is 3.10. The molecule has 4 nitrogen and oxygen atoms in total. The van der Waals surface area contributed by atoms with Crippen molar-refractivity contribution in [1.82, 2.24) is 4.72 Å². The van der Waals surface area contributed by atoms with Gasteiger partial charge in [-0.2, -0.15) is 0 Å². The van der Waals surface area contributed by atoms with Gasteiger partial charge in [-0.3, -0.25) is 0 Å². The van der Waals surface area contributed by atoms with Gasteiger partial charge < -0.3 is 5.11 Å². The molecule has 0 aliphatic heterocycles. The molecule has 16 heavy (non-hydrogen) atoms. The van der Waals surface area contributed by atoms with Crippen LogP contribution in [0, 0.1) is 0 Å². The predicted octanol–water partition coefficient (Wildman–Crippen LogP) is 1.27. The molecule has 0 fully saturated rings. The van der Waals surface area contributed by atoms with Gasteiger partial charge in [-0.05, 0) is 24.3 Å². The van der Waals surface area contributed by atoms with Crippen molar-refractivity contribution in [3.63, 3.8) is 0 Å². The van der Waals surface area contributed by atoms with Crippen LogP contribution < -0.4 is 4.72 Å². The number of halogens is 1. The molecule has 1 aromatic rings. The van der Waals surface area contributed by atoms with E-state index >= 15 is 0 Å². The Bertz CT molecular complexity index is 455. The lowest BCUT2D eigenvalue weighted by molar-refractivity contribution is 0.276. The maximum atomic E-state index is 11.8. The lowest BCUT2D eigenvalue weighted by Crippen LogP contribution is -2.35. The Morgan fingerprint density at radius 2 is 2.00 bits per heavy atom. The van der Waals surface area contributed by atoms with Crippen LogP contribution in [0.2, 0.25) is 0 Å². The summed E-state index contributed by atoms with van der Waals surface area (Å²) in [4.78, 5) is 0.149. The highest BCUT2D eigenvalue weighted by Gasteiger charge is 2.17. The van der Waals surface area contributed by atoms with E-state index in [0.717, 1.165) is 4.47 Å². The van der Waals surface area contributed by atoms with Crippen LogP contribution in [0.15, 0.2) is 46.3 Å². The summed E-state index contributed by atoms with van der Waals surface area (Å²) in [6.07, 6.45) is 1.34. The third kappa shape index (κ3) is 3.41. The maximum Gasteiger partial charge on any atom is 0.241 e. The zero-order chi connectivity index (χ0) is 12.2. The Hall–Kier alpha value is -0.690. The molecule has 0 heterocycles. The molecule has 88 valence electrons. The predicted molar refractivity (Wildman–Crippen MR) is 65.5 cm³/mol. The molecule has 0 aromatic heterocycles. The van der Waals surface area contributed by atoms with Gasteiger partial charge in [0.05, 0.1) is 17.5 Å². The molecule has 2 N–H and O–H groups in total. The molecule has 0 saturated carbocycles. The number of sulfonamides is 1. The Labute approximate surface area is 103 Å². The smallest absolute Gasteiger partial charge is 0.241 e. The summed E-state index contributed by atoms with van der Waals surface area (Å²) in [6, 6.07) is 5.55. The van der Waals surface area contributed by atoms with Crippen molar-refractivity contribution in [2.45, 2.75) is 10.9 Å².